The van der Waals surface area contributed by atoms with Crippen LogP contribution < -0.4 is 10.2 Å². The van der Waals surface area contributed by atoms with Crippen molar-refractivity contribution in [3.05, 3.63) is 42.2 Å². The van der Waals surface area contributed by atoms with E-state index in [9.17, 15) is 8.78 Å². The van der Waals surface area contributed by atoms with E-state index in [0.29, 0.717) is 34.3 Å². The monoisotopic (exact) mass is 356 g/mol. The Balaban J connectivity index is 1.59. The summed E-state index contributed by atoms with van der Waals surface area (Å²) in [6, 6.07) is 7.34. The molecule has 0 bridgehead atoms. The lowest BCUT2D eigenvalue weighted by molar-refractivity contribution is -0.0262. The molecule has 0 radical (unpaired) electrons. The van der Waals surface area contributed by atoms with Gasteiger partial charge in [-0.1, -0.05) is 13.8 Å². The zero-order valence-electron chi connectivity index (χ0n) is 14.4. The van der Waals surface area contributed by atoms with E-state index < -0.39 is 5.92 Å². The quantitative estimate of drug-likeness (QED) is 0.768. The average molecular weight is 356 g/mol. The van der Waals surface area contributed by atoms with Crippen LogP contribution in [-0.4, -0.2) is 39.2 Å². The molecule has 3 aromatic heterocycles. The van der Waals surface area contributed by atoms with E-state index in [1.807, 2.05) is 12.1 Å². The predicted octanol–water partition coefficient (Wildman–Crippen LogP) is 3.74. The fourth-order valence-corrected chi connectivity index (χ4v) is 2.82. The molecule has 4 rings (SSSR count). The van der Waals surface area contributed by atoms with Crippen molar-refractivity contribution in [3.8, 4) is 0 Å². The van der Waals surface area contributed by atoms with Gasteiger partial charge in [-0.25, -0.2) is 13.8 Å². The minimum Gasteiger partial charge on any atom is -0.358 e. The van der Waals surface area contributed by atoms with E-state index in [-0.39, 0.29) is 13.1 Å². The van der Waals surface area contributed by atoms with Gasteiger partial charge in [-0.05, 0) is 35.7 Å². The molecule has 26 heavy (non-hydrogen) atoms. The van der Waals surface area contributed by atoms with Gasteiger partial charge in [0.25, 0.3) is 5.92 Å². The topological polar surface area (TPSA) is 66.8 Å². The number of alkyl halides is 2. The van der Waals surface area contributed by atoms with E-state index in [2.05, 4.69) is 39.3 Å². The second kappa shape index (κ2) is 6.12. The van der Waals surface area contributed by atoms with Crippen molar-refractivity contribution in [2.75, 3.05) is 23.3 Å². The van der Waals surface area contributed by atoms with Crippen molar-refractivity contribution in [1.82, 2.24) is 20.2 Å². The molecule has 1 N–H and O–H groups in total. The molecule has 1 aliphatic heterocycles. The van der Waals surface area contributed by atoms with Crippen LogP contribution in [0.3, 0.4) is 0 Å². The van der Waals surface area contributed by atoms with Crippen molar-refractivity contribution < 1.29 is 8.78 Å². The van der Waals surface area contributed by atoms with Crippen molar-refractivity contribution in [2.24, 2.45) is 0 Å². The molecule has 8 heteroatoms. The Morgan fingerprint density at radius 2 is 1.88 bits per heavy atom. The normalized spacial score (nSPS) is 16.0. The Morgan fingerprint density at radius 3 is 2.62 bits per heavy atom. The minimum absolute atomic E-state index is 0.282. The van der Waals surface area contributed by atoms with Crippen LogP contribution in [0.1, 0.15) is 25.3 Å². The van der Waals surface area contributed by atoms with Crippen LogP contribution in [0.5, 0.6) is 0 Å². The summed E-state index contributed by atoms with van der Waals surface area (Å²) in [5.74, 6) is -1.07. The third-order valence-electron chi connectivity index (χ3n) is 4.33. The minimum atomic E-state index is -2.62. The van der Waals surface area contributed by atoms with Crippen molar-refractivity contribution in [2.45, 2.75) is 25.7 Å². The second-order valence-corrected chi connectivity index (χ2v) is 6.79. The number of hydrogen-bond donors (Lipinski definition) is 1. The smallest absolute Gasteiger partial charge is 0.282 e. The number of nitrogens with zero attached hydrogens (tertiary/aromatic N) is 5. The summed E-state index contributed by atoms with van der Waals surface area (Å²) in [7, 11) is 0. The summed E-state index contributed by atoms with van der Waals surface area (Å²) < 4.78 is 26.2. The van der Waals surface area contributed by atoms with Crippen LogP contribution in [0, 0.1) is 0 Å². The van der Waals surface area contributed by atoms with Crippen LogP contribution in [0.4, 0.5) is 26.1 Å². The Bertz CT molecular complexity index is 951. The maximum atomic E-state index is 13.1. The first kappa shape index (κ1) is 16.6. The van der Waals surface area contributed by atoms with Crippen LogP contribution in [0.2, 0.25) is 0 Å². The summed E-state index contributed by atoms with van der Waals surface area (Å²) in [5, 5.41) is 11.2. The molecule has 1 saturated heterocycles. The van der Waals surface area contributed by atoms with E-state index in [0.717, 1.165) is 5.56 Å². The van der Waals surface area contributed by atoms with Crippen LogP contribution in [-0.2, 0) is 0 Å². The molecule has 0 amide bonds. The maximum Gasteiger partial charge on any atom is 0.282 e. The fourth-order valence-electron chi connectivity index (χ4n) is 2.82. The van der Waals surface area contributed by atoms with Gasteiger partial charge in [-0.2, -0.15) is 5.10 Å². The number of halogens is 2. The summed E-state index contributed by atoms with van der Waals surface area (Å²) in [6.07, 6.45) is 3.34. The fraction of sp³-hybridized carbons (Fsp3) is 0.333. The van der Waals surface area contributed by atoms with Crippen LogP contribution in [0.15, 0.2) is 36.7 Å². The van der Waals surface area contributed by atoms with Crippen molar-refractivity contribution in [3.63, 3.8) is 0 Å². The van der Waals surface area contributed by atoms with Crippen molar-refractivity contribution >= 4 is 28.4 Å². The molecule has 0 saturated carbocycles. The highest BCUT2D eigenvalue weighted by atomic mass is 19.3. The first-order valence-corrected chi connectivity index (χ1v) is 8.39. The molecular weight excluding hydrogens is 338 g/mol. The van der Waals surface area contributed by atoms with Gasteiger partial charge in [0.05, 0.1) is 42.2 Å². The zero-order valence-corrected chi connectivity index (χ0v) is 14.4. The highest BCUT2D eigenvalue weighted by molar-refractivity contribution is 5.80. The standard InChI is InChI=1S/C18H18F2N6/c1-11(2)12-5-17(25-22-7-12)24-16-4-3-14-15(23-16)6-13(8-21-14)26-9-18(19,20)10-26/h3-8,11H,9-10H2,1-2H3,(H,23,24,25). The van der Waals surface area contributed by atoms with Gasteiger partial charge in [-0.3, -0.25) is 4.98 Å². The summed E-state index contributed by atoms with van der Waals surface area (Å²) >= 11 is 0. The van der Waals surface area contributed by atoms with E-state index >= 15 is 0 Å². The van der Waals surface area contributed by atoms with Gasteiger partial charge in [-0.15, -0.1) is 5.10 Å². The lowest BCUT2D eigenvalue weighted by Gasteiger charge is -2.40. The largest absolute Gasteiger partial charge is 0.358 e. The third-order valence-corrected chi connectivity index (χ3v) is 4.33. The number of hydrogen-bond acceptors (Lipinski definition) is 6. The van der Waals surface area contributed by atoms with Gasteiger partial charge in [0, 0.05) is 0 Å². The summed E-state index contributed by atoms with van der Waals surface area (Å²) in [4.78, 5) is 10.4. The molecule has 6 nitrogen and oxygen atoms in total. The average Bonchev–Trinajstić information content (AvgIpc) is 2.59. The van der Waals surface area contributed by atoms with Gasteiger partial charge >= 0.3 is 0 Å². The first-order valence-electron chi connectivity index (χ1n) is 8.39. The number of rotatable bonds is 4. The molecule has 0 aromatic carbocycles. The molecule has 1 aliphatic rings. The number of nitrogens with one attached hydrogen (secondary N) is 1. The number of anilines is 3. The molecule has 0 unspecified atom stereocenters. The maximum absolute atomic E-state index is 13.1. The summed E-state index contributed by atoms with van der Waals surface area (Å²) in [5.41, 5.74) is 3.06. The molecule has 0 aliphatic carbocycles. The number of fused-ring (bicyclic) bond motifs is 1. The van der Waals surface area contributed by atoms with Crippen molar-refractivity contribution in [1.29, 1.82) is 0 Å². The number of pyridine rings is 2. The third kappa shape index (κ3) is 3.26. The zero-order chi connectivity index (χ0) is 18.3. The SMILES string of the molecule is CC(C)c1cnnc(Nc2ccc3ncc(N4CC(F)(F)C4)cc3n2)c1. The summed E-state index contributed by atoms with van der Waals surface area (Å²) in [6.45, 7) is 3.61. The molecular formula is C18H18F2N6. The van der Waals surface area contributed by atoms with Gasteiger partial charge in [0.2, 0.25) is 0 Å². The first-order chi connectivity index (χ1) is 12.4. The highest BCUT2D eigenvalue weighted by Gasteiger charge is 2.44. The number of aromatic nitrogens is 4. The molecule has 0 spiro atoms. The Labute approximate surface area is 149 Å². The van der Waals surface area contributed by atoms with E-state index in [1.54, 1.807) is 29.4 Å². The predicted molar refractivity (Wildman–Crippen MR) is 96.1 cm³/mol. The van der Waals surface area contributed by atoms with Crippen LogP contribution in [0.25, 0.3) is 11.0 Å². The molecule has 3 aromatic rings. The lowest BCUT2D eigenvalue weighted by atomic mass is 10.1. The Kier molecular flexibility index (Phi) is 3.90. The molecule has 0 atom stereocenters. The van der Waals surface area contributed by atoms with Gasteiger partial charge in [0.1, 0.15) is 5.82 Å². The Hall–Kier alpha value is -2.90. The lowest BCUT2D eigenvalue weighted by Crippen LogP contribution is -2.56. The molecule has 134 valence electrons. The van der Waals surface area contributed by atoms with E-state index in [4.69, 9.17) is 0 Å². The highest BCUT2D eigenvalue weighted by Crippen LogP contribution is 2.32. The molecule has 1 fully saturated rings. The van der Waals surface area contributed by atoms with Crippen LogP contribution >= 0.6 is 0 Å². The van der Waals surface area contributed by atoms with E-state index in [1.165, 1.54) is 0 Å². The van der Waals surface area contributed by atoms with Gasteiger partial charge in [0.15, 0.2) is 5.82 Å². The molecule has 4 heterocycles. The second-order valence-electron chi connectivity index (χ2n) is 6.79. The van der Waals surface area contributed by atoms with Gasteiger partial charge < -0.3 is 10.2 Å². The Morgan fingerprint density at radius 1 is 1.08 bits per heavy atom.